The van der Waals surface area contributed by atoms with Crippen LogP contribution in [0.5, 0.6) is 0 Å². The van der Waals surface area contributed by atoms with Crippen LogP contribution in [0.25, 0.3) is 16.9 Å². The highest BCUT2D eigenvalue weighted by atomic mass is 16.5. The molecule has 1 aliphatic rings. The molecule has 3 aromatic rings. The maximum atomic E-state index is 12.9. The van der Waals surface area contributed by atoms with E-state index in [0.29, 0.717) is 24.1 Å². The van der Waals surface area contributed by atoms with E-state index in [4.69, 9.17) is 4.74 Å². The first-order valence-electron chi connectivity index (χ1n) is 9.16. The molecule has 1 fully saturated rings. The molecule has 2 aromatic carbocycles. The van der Waals surface area contributed by atoms with Gasteiger partial charge in [0.1, 0.15) is 11.3 Å². The molecule has 27 heavy (non-hydrogen) atoms. The number of hydrogen-bond acceptors (Lipinski definition) is 4. The van der Waals surface area contributed by atoms with Crippen molar-refractivity contribution in [2.45, 2.75) is 31.8 Å². The van der Waals surface area contributed by atoms with E-state index in [9.17, 15) is 9.59 Å². The highest BCUT2D eigenvalue weighted by Crippen LogP contribution is 2.26. The summed E-state index contributed by atoms with van der Waals surface area (Å²) < 4.78 is 7.23. The summed E-state index contributed by atoms with van der Waals surface area (Å²) in [5, 5.41) is 4.61. The lowest BCUT2D eigenvalue weighted by molar-refractivity contribution is -0.129. The summed E-state index contributed by atoms with van der Waals surface area (Å²) in [6, 6.07) is 19.1. The molecule has 0 N–H and O–H groups in total. The van der Waals surface area contributed by atoms with Crippen molar-refractivity contribution in [2.24, 2.45) is 0 Å². The first-order valence-corrected chi connectivity index (χ1v) is 9.16. The Kier molecular flexibility index (Phi) is 4.83. The van der Waals surface area contributed by atoms with Crippen molar-refractivity contribution in [2.75, 3.05) is 0 Å². The molecule has 1 heterocycles. The first kappa shape index (κ1) is 17.2. The molecule has 0 radical (unpaired) electrons. The normalized spacial score (nSPS) is 16.9. The number of ketones is 1. The van der Waals surface area contributed by atoms with Crippen LogP contribution in [-0.2, 0) is 9.53 Å². The Bertz CT molecular complexity index is 948. The molecule has 5 nitrogen and oxygen atoms in total. The molecule has 0 saturated heterocycles. The third kappa shape index (κ3) is 3.67. The van der Waals surface area contributed by atoms with Gasteiger partial charge in [0.25, 0.3) is 0 Å². The van der Waals surface area contributed by atoms with E-state index in [1.807, 2.05) is 60.7 Å². The third-order valence-corrected chi connectivity index (χ3v) is 4.75. The summed E-state index contributed by atoms with van der Waals surface area (Å²) in [6.45, 7) is 0. The van der Waals surface area contributed by atoms with Crippen LogP contribution >= 0.6 is 0 Å². The van der Waals surface area contributed by atoms with Gasteiger partial charge in [-0.25, -0.2) is 9.48 Å². The summed E-state index contributed by atoms with van der Waals surface area (Å²) in [5.41, 5.74) is 2.59. The van der Waals surface area contributed by atoms with Crippen molar-refractivity contribution in [3.63, 3.8) is 0 Å². The van der Waals surface area contributed by atoms with Crippen LogP contribution in [0.3, 0.4) is 0 Å². The summed E-state index contributed by atoms with van der Waals surface area (Å²) in [5.74, 6) is -0.498. The Morgan fingerprint density at radius 1 is 1.00 bits per heavy atom. The van der Waals surface area contributed by atoms with E-state index in [1.54, 1.807) is 10.9 Å². The zero-order valence-corrected chi connectivity index (χ0v) is 14.9. The van der Waals surface area contributed by atoms with Crippen molar-refractivity contribution in [3.8, 4) is 16.9 Å². The van der Waals surface area contributed by atoms with Gasteiger partial charge >= 0.3 is 5.97 Å². The number of ether oxygens (including phenoxy) is 1. The molecule has 1 aromatic heterocycles. The Labute approximate surface area is 157 Å². The van der Waals surface area contributed by atoms with E-state index in [1.165, 1.54) is 0 Å². The van der Waals surface area contributed by atoms with Crippen molar-refractivity contribution >= 4 is 11.8 Å². The monoisotopic (exact) mass is 360 g/mol. The van der Waals surface area contributed by atoms with Crippen molar-refractivity contribution in [1.29, 1.82) is 0 Å². The van der Waals surface area contributed by atoms with Gasteiger partial charge in [-0.15, -0.1) is 0 Å². The lowest BCUT2D eigenvalue weighted by atomic mass is 9.96. The quantitative estimate of drug-likeness (QED) is 0.654. The second-order valence-electron chi connectivity index (χ2n) is 6.64. The van der Waals surface area contributed by atoms with Crippen LogP contribution in [0.4, 0.5) is 0 Å². The SMILES string of the molecule is O=C(O[C@@H]1CCCCC1=O)c1cn(-c2ccccc2)nc1-c1ccccc1. The molecule has 0 unspecified atom stereocenters. The lowest BCUT2D eigenvalue weighted by Crippen LogP contribution is -2.30. The number of rotatable bonds is 4. The minimum atomic E-state index is -0.644. The fraction of sp³-hybridized carbons (Fsp3) is 0.227. The van der Waals surface area contributed by atoms with E-state index >= 15 is 0 Å². The number of aromatic nitrogens is 2. The van der Waals surface area contributed by atoms with Gasteiger partial charge < -0.3 is 4.74 Å². The first-order chi connectivity index (χ1) is 13.2. The maximum Gasteiger partial charge on any atom is 0.342 e. The van der Waals surface area contributed by atoms with Crippen LogP contribution < -0.4 is 0 Å². The van der Waals surface area contributed by atoms with Crippen LogP contribution in [-0.4, -0.2) is 27.6 Å². The second-order valence-corrected chi connectivity index (χ2v) is 6.64. The number of para-hydroxylation sites is 1. The van der Waals surface area contributed by atoms with Crippen LogP contribution in [0.2, 0.25) is 0 Å². The number of hydrogen-bond donors (Lipinski definition) is 0. The molecular formula is C22H20N2O3. The number of esters is 1. The van der Waals surface area contributed by atoms with Crippen molar-refractivity contribution < 1.29 is 14.3 Å². The van der Waals surface area contributed by atoms with Gasteiger partial charge in [-0.3, -0.25) is 4.79 Å². The molecule has 1 saturated carbocycles. The van der Waals surface area contributed by atoms with Gasteiger partial charge in [0, 0.05) is 18.2 Å². The van der Waals surface area contributed by atoms with Gasteiger partial charge in [-0.1, -0.05) is 48.5 Å². The molecule has 1 aliphatic carbocycles. The Balaban J connectivity index is 1.70. The van der Waals surface area contributed by atoms with Gasteiger partial charge in [0.05, 0.1) is 5.69 Å². The van der Waals surface area contributed by atoms with E-state index < -0.39 is 12.1 Å². The third-order valence-electron chi connectivity index (χ3n) is 4.75. The number of benzene rings is 2. The van der Waals surface area contributed by atoms with Gasteiger partial charge in [-0.2, -0.15) is 5.10 Å². The van der Waals surface area contributed by atoms with E-state index in [0.717, 1.165) is 24.1 Å². The molecule has 0 aliphatic heterocycles. The van der Waals surface area contributed by atoms with Crippen molar-refractivity contribution in [1.82, 2.24) is 9.78 Å². The zero-order valence-electron chi connectivity index (χ0n) is 14.9. The number of nitrogens with zero attached hydrogens (tertiary/aromatic N) is 2. The largest absolute Gasteiger partial charge is 0.451 e. The molecule has 1 atom stereocenters. The second kappa shape index (κ2) is 7.58. The van der Waals surface area contributed by atoms with Crippen LogP contribution in [0.15, 0.2) is 66.9 Å². The predicted octanol–water partition coefficient (Wildman–Crippen LogP) is 4.21. The molecule has 0 bridgehead atoms. The summed E-state index contributed by atoms with van der Waals surface area (Å²) in [4.78, 5) is 24.9. The molecular weight excluding hydrogens is 340 g/mol. The summed E-state index contributed by atoms with van der Waals surface area (Å²) >= 11 is 0. The number of carbonyl (C=O) groups is 2. The van der Waals surface area contributed by atoms with Crippen molar-refractivity contribution in [3.05, 3.63) is 72.4 Å². The highest BCUT2D eigenvalue weighted by Gasteiger charge is 2.28. The average molecular weight is 360 g/mol. The minimum Gasteiger partial charge on any atom is -0.451 e. The lowest BCUT2D eigenvalue weighted by Gasteiger charge is -2.20. The Morgan fingerprint density at radius 2 is 1.70 bits per heavy atom. The molecule has 0 spiro atoms. The predicted molar refractivity (Wildman–Crippen MR) is 102 cm³/mol. The van der Waals surface area contributed by atoms with Gasteiger partial charge in [0.2, 0.25) is 0 Å². The Hall–Kier alpha value is -3.21. The van der Waals surface area contributed by atoms with Gasteiger partial charge in [-0.05, 0) is 31.4 Å². The topological polar surface area (TPSA) is 61.2 Å². The van der Waals surface area contributed by atoms with E-state index in [2.05, 4.69) is 5.10 Å². The molecule has 136 valence electrons. The van der Waals surface area contributed by atoms with Crippen LogP contribution in [0, 0.1) is 0 Å². The fourth-order valence-electron chi connectivity index (χ4n) is 3.31. The fourth-order valence-corrected chi connectivity index (χ4v) is 3.31. The molecule has 5 heteroatoms. The van der Waals surface area contributed by atoms with Gasteiger partial charge in [0.15, 0.2) is 11.9 Å². The minimum absolute atomic E-state index is 0.00584. The summed E-state index contributed by atoms with van der Waals surface area (Å²) in [7, 11) is 0. The standard InChI is InChI=1S/C22H20N2O3/c25-19-13-7-8-14-20(19)27-22(26)18-15-24(17-11-5-2-6-12-17)23-21(18)16-9-3-1-4-10-16/h1-6,9-12,15,20H,7-8,13-14H2/t20-/m1/s1. The molecule has 0 amide bonds. The number of Topliss-reactive ketones (excluding diaryl/α,β-unsaturated/α-hetero) is 1. The molecule has 4 rings (SSSR count). The smallest absolute Gasteiger partial charge is 0.342 e. The van der Waals surface area contributed by atoms with Crippen LogP contribution in [0.1, 0.15) is 36.0 Å². The average Bonchev–Trinajstić information content (AvgIpc) is 3.17. The zero-order chi connectivity index (χ0) is 18.6. The van der Waals surface area contributed by atoms with E-state index in [-0.39, 0.29) is 5.78 Å². The number of carbonyl (C=O) groups excluding carboxylic acids is 2. The highest BCUT2D eigenvalue weighted by molar-refractivity contribution is 5.98. The Morgan fingerprint density at radius 3 is 2.41 bits per heavy atom. The summed E-state index contributed by atoms with van der Waals surface area (Å²) in [6.07, 6.45) is 3.88. The maximum absolute atomic E-state index is 12.9.